The lowest BCUT2D eigenvalue weighted by atomic mass is 10.2. The molecule has 0 bridgehead atoms. The molecule has 1 aromatic carbocycles. The number of pyridine rings is 1. The van der Waals surface area contributed by atoms with Crippen molar-refractivity contribution in [2.45, 2.75) is 0 Å². The standard InChI is InChI=1S/C13H10ClFN2O2/c1-17(9-4-2-3-8(15)7-9)12-11(14)10(13(18)19)5-6-16-12/h2-7H,1H3,(H,18,19). The second-order valence-electron chi connectivity index (χ2n) is 3.84. The van der Waals surface area contributed by atoms with Gasteiger partial charge in [0.15, 0.2) is 5.82 Å². The third kappa shape index (κ3) is 2.66. The Morgan fingerprint density at radius 2 is 2.16 bits per heavy atom. The summed E-state index contributed by atoms with van der Waals surface area (Å²) in [6, 6.07) is 7.17. The molecule has 0 fully saturated rings. The lowest BCUT2D eigenvalue weighted by molar-refractivity contribution is 0.0697. The lowest BCUT2D eigenvalue weighted by Crippen LogP contribution is -2.13. The molecule has 1 heterocycles. The fourth-order valence-electron chi connectivity index (χ4n) is 1.64. The van der Waals surface area contributed by atoms with Crippen molar-refractivity contribution in [3.8, 4) is 0 Å². The van der Waals surface area contributed by atoms with Crippen LogP contribution in [-0.2, 0) is 0 Å². The molecule has 0 unspecified atom stereocenters. The van der Waals surface area contributed by atoms with Crippen LogP contribution in [0, 0.1) is 5.82 Å². The van der Waals surface area contributed by atoms with Gasteiger partial charge in [0.25, 0.3) is 0 Å². The molecular weight excluding hydrogens is 271 g/mol. The molecule has 1 aromatic heterocycles. The highest BCUT2D eigenvalue weighted by Gasteiger charge is 2.17. The summed E-state index contributed by atoms with van der Waals surface area (Å²) in [5, 5.41) is 9.01. The summed E-state index contributed by atoms with van der Waals surface area (Å²) in [5.74, 6) is -1.27. The van der Waals surface area contributed by atoms with Crippen molar-refractivity contribution < 1.29 is 14.3 Å². The molecule has 2 rings (SSSR count). The van der Waals surface area contributed by atoms with E-state index >= 15 is 0 Å². The molecule has 0 spiro atoms. The van der Waals surface area contributed by atoms with E-state index in [4.69, 9.17) is 16.7 Å². The van der Waals surface area contributed by atoms with Crippen molar-refractivity contribution in [2.75, 3.05) is 11.9 Å². The third-order valence-corrected chi connectivity index (χ3v) is 2.99. The molecule has 0 aliphatic carbocycles. The van der Waals surface area contributed by atoms with Gasteiger partial charge in [0.1, 0.15) is 5.82 Å². The number of halogens is 2. The average Bonchev–Trinajstić information content (AvgIpc) is 2.38. The Hall–Kier alpha value is -2.14. The molecule has 0 aliphatic rings. The van der Waals surface area contributed by atoms with Gasteiger partial charge in [0.05, 0.1) is 10.6 Å². The molecule has 0 atom stereocenters. The maximum atomic E-state index is 13.2. The summed E-state index contributed by atoms with van der Waals surface area (Å²) in [6.07, 6.45) is 1.35. The number of hydrogen-bond acceptors (Lipinski definition) is 3. The Labute approximate surface area is 114 Å². The molecule has 0 saturated carbocycles. The largest absolute Gasteiger partial charge is 0.478 e. The minimum Gasteiger partial charge on any atom is -0.478 e. The van der Waals surface area contributed by atoms with E-state index in [1.807, 2.05) is 0 Å². The second kappa shape index (κ2) is 5.24. The second-order valence-corrected chi connectivity index (χ2v) is 4.22. The molecule has 4 nitrogen and oxygen atoms in total. The van der Waals surface area contributed by atoms with E-state index in [9.17, 15) is 9.18 Å². The number of carboxylic acids is 1. The molecule has 0 saturated heterocycles. The predicted octanol–water partition coefficient (Wildman–Crippen LogP) is 3.34. The topological polar surface area (TPSA) is 53.4 Å². The fourth-order valence-corrected chi connectivity index (χ4v) is 1.96. The van der Waals surface area contributed by atoms with Gasteiger partial charge >= 0.3 is 5.97 Å². The summed E-state index contributed by atoms with van der Waals surface area (Å²) in [4.78, 5) is 16.6. The number of hydrogen-bond donors (Lipinski definition) is 1. The van der Waals surface area contributed by atoms with Crippen LogP contribution in [-0.4, -0.2) is 23.1 Å². The van der Waals surface area contributed by atoms with Crippen LogP contribution < -0.4 is 4.90 Å². The number of aromatic nitrogens is 1. The van der Waals surface area contributed by atoms with Gasteiger partial charge in [0, 0.05) is 18.9 Å². The van der Waals surface area contributed by atoms with Gasteiger partial charge < -0.3 is 10.0 Å². The van der Waals surface area contributed by atoms with Gasteiger partial charge in [-0.05, 0) is 24.3 Å². The first kappa shape index (κ1) is 13.3. The third-order valence-electron chi connectivity index (χ3n) is 2.61. The zero-order chi connectivity index (χ0) is 14.0. The summed E-state index contributed by atoms with van der Waals surface area (Å²) < 4.78 is 13.2. The SMILES string of the molecule is CN(c1cccc(F)c1)c1nccc(C(=O)O)c1Cl. The van der Waals surface area contributed by atoms with E-state index < -0.39 is 11.8 Å². The predicted molar refractivity (Wildman–Crippen MR) is 70.7 cm³/mol. The van der Waals surface area contributed by atoms with Gasteiger partial charge in [-0.15, -0.1) is 0 Å². The minimum atomic E-state index is -1.14. The first-order valence-electron chi connectivity index (χ1n) is 5.38. The number of anilines is 2. The summed E-state index contributed by atoms with van der Waals surface area (Å²) in [5.41, 5.74) is 0.479. The summed E-state index contributed by atoms with van der Waals surface area (Å²) in [6.45, 7) is 0. The Morgan fingerprint density at radius 3 is 2.79 bits per heavy atom. The van der Waals surface area contributed by atoms with Crippen molar-refractivity contribution in [2.24, 2.45) is 0 Å². The van der Waals surface area contributed by atoms with Crippen molar-refractivity contribution >= 4 is 29.1 Å². The molecule has 19 heavy (non-hydrogen) atoms. The van der Waals surface area contributed by atoms with Gasteiger partial charge in [0.2, 0.25) is 0 Å². The first-order valence-corrected chi connectivity index (χ1v) is 5.75. The highest BCUT2D eigenvalue weighted by atomic mass is 35.5. The van der Waals surface area contributed by atoms with E-state index in [0.717, 1.165) is 0 Å². The lowest BCUT2D eigenvalue weighted by Gasteiger charge is -2.20. The number of carboxylic acid groups (broad SMARTS) is 1. The molecule has 2 aromatic rings. The van der Waals surface area contributed by atoms with Crippen molar-refractivity contribution in [3.05, 3.63) is 52.9 Å². The molecular formula is C13H10ClFN2O2. The number of aromatic carboxylic acids is 1. The van der Waals surface area contributed by atoms with Crippen molar-refractivity contribution in [1.82, 2.24) is 4.98 Å². The monoisotopic (exact) mass is 280 g/mol. The van der Waals surface area contributed by atoms with Crippen LogP contribution in [0.3, 0.4) is 0 Å². The minimum absolute atomic E-state index is 0.0155. The quantitative estimate of drug-likeness (QED) is 0.937. The van der Waals surface area contributed by atoms with Crippen LogP contribution in [0.5, 0.6) is 0 Å². The van der Waals surface area contributed by atoms with Crippen LogP contribution in [0.15, 0.2) is 36.5 Å². The number of nitrogens with zero attached hydrogens (tertiary/aromatic N) is 2. The number of benzene rings is 1. The fraction of sp³-hybridized carbons (Fsp3) is 0.0769. The van der Waals surface area contributed by atoms with Gasteiger partial charge in [-0.1, -0.05) is 17.7 Å². The molecule has 0 aliphatic heterocycles. The zero-order valence-corrected chi connectivity index (χ0v) is 10.7. The highest BCUT2D eigenvalue weighted by Crippen LogP contribution is 2.31. The summed E-state index contributed by atoms with van der Waals surface area (Å²) >= 11 is 6.01. The normalized spacial score (nSPS) is 10.3. The van der Waals surface area contributed by atoms with Crippen LogP contribution in [0.25, 0.3) is 0 Å². The first-order chi connectivity index (χ1) is 9.00. The highest BCUT2D eigenvalue weighted by molar-refractivity contribution is 6.35. The zero-order valence-electron chi connectivity index (χ0n) is 9.97. The van der Waals surface area contributed by atoms with Crippen molar-refractivity contribution in [3.63, 3.8) is 0 Å². The van der Waals surface area contributed by atoms with E-state index in [1.54, 1.807) is 19.2 Å². The molecule has 1 N–H and O–H groups in total. The van der Waals surface area contributed by atoms with Crippen LogP contribution in [0.4, 0.5) is 15.9 Å². The number of rotatable bonds is 3. The van der Waals surface area contributed by atoms with E-state index in [2.05, 4.69) is 4.98 Å². The maximum Gasteiger partial charge on any atom is 0.337 e. The Morgan fingerprint density at radius 1 is 1.42 bits per heavy atom. The van der Waals surface area contributed by atoms with Crippen LogP contribution in [0.2, 0.25) is 5.02 Å². The summed E-state index contributed by atoms with van der Waals surface area (Å²) in [7, 11) is 1.63. The van der Waals surface area contributed by atoms with Crippen LogP contribution >= 0.6 is 11.6 Å². The molecule has 6 heteroatoms. The Bertz CT molecular complexity index is 634. The molecule has 0 amide bonds. The van der Waals surface area contributed by atoms with E-state index in [-0.39, 0.29) is 16.4 Å². The van der Waals surface area contributed by atoms with E-state index in [1.165, 1.54) is 29.3 Å². The van der Waals surface area contributed by atoms with Gasteiger partial charge in [-0.2, -0.15) is 0 Å². The van der Waals surface area contributed by atoms with Crippen molar-refractivity contribution in [1.29, 1.82) is 0 Å². The van der Waals surface area contributed by atoms with E-state index in [0.29, 0.717) is 5.69 Å². The number of carbonyl (C=O) groups is 1. The molecule has 0 radical (unpaired) electrons. The maximum absolute atomic E-state index is 13.2. The molecule has 98 valence electrons. The average molecular weight is 281 g/mol. The Balaban J connectivity index is 2.47. The smallest absolute Gasteiger partial charge is 0.337 e. The van der Waals surface area contributed by atoms with Gasteiger partial charge in [-0.3, -0.25) is 0 Å². The van der Waals surface area contributed by atoms with Gasteiger partial charge in [-0.25, -0.2) is 14.2 Å². The Kier molecular flexibility index (Phi) is 3.66. The van der Waals surface area contributed by atoms with Crippen LogP contribution in [0.1, 0.15) is 10.4 Å².